The molecule has 0 aliphatic heterocycles. The van der Waals surface area contributed by atoms with E-state index in [4.69, 9.17) is 16.3 Å². The molecule has 0 spiro atoms. The molecule has 2 atom stereocenters. The highest BCUT2D eigenvalue weighted by atomic mass is 35.5. The van der Waals surface area contributed by atoms with Crippen LogP contribution in [0.2, 0.25) is 5.02 Å². The minimum absolute atomic E-state index is 0.402. The van der Waals surface area contributed by atoms with Crippen LogP contribution in [0.1, 0.15) is 41.5 Å². The summed E-state index contributed by atoms with van der Waals surface area (Å²) in [4.78, 5) is 0. The lowest BCUT2D eigenvalue weighted by molar-refractivity contribution is 0.409. The molecule has 1 N–H and O–H groups in total. The highest BCUT2D eigenvalue weighted by Gasteiger charge is 2.27. The van der Waals surface area contributed by atoms with E-state index in [0.717, 1.165) is 23.6 Å². The second-order valence-corrected chi connectivity index (χ2v) is 5.95. The van der Waals surface area contributed by atoms with E-state index in [1.807, 2.05) is 19.2 Å². The molecule has 1 aliphatic rings. The van der Waals surface area contributed by atoms with E-state index in [1.165, 1.54) is 16.7 Å². The molecule has 2 nitrogen and oxygen atoms in total. The second kappa shape index (κ2) is 6.08. The summed E-state index contributed by atoms with van der Waals surface area (Å²) in [6, 6.07) is 15.1. The highest BCUT2D eigenvalue weighted by molar-refractivity contribution is 6.30. The van der Waals surface area contributed by atoms with Gasteiger partial charge < -0.3 is 10.1 Å². The molecule has 0 unspecified atom stereocenters. The van der Waals surface area contributed by atoms with Crippen LogP contribution < -0.4 is 10.1 Å². The van der Waals surface area contributed by atoms with Crippen LogP contribution in [0, 0.1) is 0 Å². The molecular formula is C18H20ClNO. The lowest BCUT2D eigenvalue weighted by Gasteiger charge is -2.32. The Kier molecular flexibility index (Phi) is 4.18. The Morgan fingerprint density at radius 2 is 1.81 bits per heavy atom. The van der Waals surface area contributed by atoms with E-state index in [-0.39, 0.29) is 0 Å². The molecule has 0 amide bonds. The van der Waals surface area contributed by atoms with Gasteiger partial charge in [-0.25, -0.2) is 0 Å². The van der Waals surface area contributed by atoms with E-state index in [9.17, 15) is 0 Å². The fraction of sp³-hybridized carbons (Fsp3) is 0.333. The number of halogens is 1. The van der Waals surface area contributed by atoms with E-state index in [1.54, 1.807) is 7.11 Å². The standard InChI is InChI=1S/C18H20ClNO/c1-20-18-10-9-15(12-3-5-13(19)6-4-12)16-8-7-14(21-2)11-17(16)18/h3-8,11,15,18,20H,9-10H2,1-2H3/t15-,18-/m1/s1. The first kappa shape index (κ1) is 14.4. The SMILES string of the molecule is CN[C@@H]1CC[C@H](c2ccc(Cl)cc2)c2ccc(OC)cc21. The summed E-state index contributed by atoms with van der Waals surface area (Å²) in [5.41, 5.74) is 4.08. The highest BCUT2D eigenvalue weighted by Crippen LogP contribution is 2.42. The number of benzene rings is 2. The van der Waals surface area contributed by atoms with Gasteiger partial charge in [0, 0.05) is 17.0 Å². The van der Waals surface area contributed by atoms with Gasteiger partial charge in [-0.2, -0.15) is 0 Å². The fourth-order valence-electron chi connectivity index (χ4n) is 3.28. The Morgan fingerprint density at radius 1 is 1.05 bits per heavy atom. The molecule has 3 rings (SSSR count). The number of methoxy groups -OCH3 is 1. The van der Waals surface area contributed by atoms with Crippen molar-refractivity contribution < 1.29 is 4.74 Å². The molecule has 0 radical (unpaired) electrons. The first-order valence-electron chi connectivity index (χ1n) is 7.33. The second-order valence-electron chi connectivity index (χ2n) is 5.52. The van der Waals surface area contributed by atoms with Crippen molar-refractivity contribution in [1.82, 2.24) is 5.32 Å². The summed E-state index contributed by atoms with van der Waals surface area (Å²) >= 11 is 6.01. The maximum absolute atomic E-state index is 6.01. The number of nitrogens with one attached hydrogen (secondary N) is 1. The minimum atomic E-state index is 0.402. The molecular weight excluding hydrogens is 282 g/mol. The Morgan fingerprint density at radius 3 is 2.48 bits per heavy atom. The van der Waals surface area contributed by atoms with Crippen LogP contribution in [0.3, 0.4) is 0 Å². The Hall–Kier alpha value is -1.51. The van der Waals surface area contributed by atoms with Gasteiger partial charge in [0.1, 0.15) is 5.75 Å². The summed E-state index contributed by atoms with van der Waals surface area (Å²) in [7, 11) is 3.74. The predicted molar refractivity (Wildman–Crippen MR) is 87.3 cm³/mol. The van der Waals surface area contributed by atoms with Crippen molar-refractivity contribution >= 4 is 11.6 Å². The topological polar surface area (TPSA) is 21.3 Å². The van der Waals surface area contributed by atoms with Crippen LogP contribution in [0.15, 0.2) is 42.5 Å². The van der Waals surface area contributed by atoms with Gasteiger partial charge in [-0.3, -0.25) is 0 Å². The van der Waals surface area contributed by atoms with Gasteiger partial charge in [0.2, 0.25) is 0 Å². The molecule has 0 fully saturated rings. The van der Waals surface area contributed by atoms with Crippen LogP contribution in [0.5, 0.6) is 5.75 Å². The Bertz CT molecular complexity index is 624. The van der Waals surface area contributed by atoms with Crippen molar-refractivity contribution in [2.24, 2.45) is 0 Å². The number of hydrogen-bond donors (Lipinski definition) is 1. The molecule has 0 saturated carbocycles. The smallest absolute Gasteiger partial charge is 0.119 e. The van der Waals surface area contributed by atoms with Crippen LogP contribution in [0.25, 0.3) is 0 Å². The van der Waals surface area contributed by atoms with Crippen molar-refractivity contribution in [3.63, 3.8) is 0 Å². The van der Waals surface area contributed by atoms with Crippen molar-refractivity contribution in [3.8, 4) is 5.75 Å². The summed E-state index contributed by atoms with van der Waals surface area (Å²) < 4.78 is 5.38. The van der Waals surface area contributed by atoms with Gasteiger partial charge in [0.05, 0.1) is 7.11 Å². The van der Waals surface area contributed by atoms with E-state index >= 15 is 0 Å². The maximum atomic E-state index is 6.01. The van der Waals surface area contributed by atoms with Gasteiger partial charge >= 0.3 is 0 Å². The van der Waals surface area contributed by atoms with Gasteiger partial charge in [0.25, 0.3) is 0 Å². The average molecular weight is 302 g/mol. The number of rotatable bonds is 3. The minimum Gasteiger partial charge on any atom is -0.497 e. The van der Waals surface area contributed by atoms with Gasteiger partial charge in [0.15, 0.2) is 0 Å². The number of ether oxygens (including phenoxy) is 1. The average Bonchev–Trinajstić information content (AvgIpc) is 2.54. The van der Waals surface area contributed by atoms with Crippen LogP contribution >= 0.6 is 11.6 Å². The van der Waals surface area contributed by atoms with Crippen molar-refractivity contribution in [3.05, 3.63) is 64.2 Å². The van der Waals surface area contributed by atoms with Crippen molar-refractivity contribution in [2.45, 2.75) is 24.8 Å². The van der Waals surface area contributed by atoms with Crippen molar-refractivity contribution in [2.75, 3.05) is 14.2 Å². The quantitative estimate of drug-likeness (QED) is 0.899. The van der Waals surface area contributed by atoms with E-state index in [0.29, 0.717) is 12.0 Å². The number of hydrogen-bond acceptors (Lipinski definition) is 2. The van der Waals surface area contributed by atoms with E-state index in [2.05, 4.69) is 35.6 Å². The monoisotopic (exact) mass is 301 g/mol. The number of fused-ring (bicyclic) bond motifs is 1. The molecule has 0 aromatic heterocycles. The van der Waals surface area contributed by atoms with Crippen molar-refractivity contribution in [1.29, 1.82) is 0 Å². The third kappa shape index (κ3) is 2.78. The van der Waals surface area contributed by atoms with Gasteiger partial charge in [-0.1, -0.05) is 29.8 Å². The lowest BCUT2D eigenvalue weighted by atomic mass is 9.76. The van der Waals surface area contributed by atoms with Gasteiger partial charge in [-0.15, -0.1) is 0 Å². The molecule has 0 bridgehead atoms. The summed E-state index contributed by atoms with van der Waals surface area (Å²) in [6.07, 6.45) is 2.27. The zero-order valence-electron chi connectivity index (χ0n) is 12.4. The maximum Gasteiger partial charge on any atom is 0.119 e. The first-order chi connectivity index (χ1) is 10.2. The van der Waals surface area contributed by atoms with Crippen LogP contribution in [0.4, 0.5) is 0 Å². The lowest BCUT2D eigenvalue weighted by Crippen LogP contribution is -2.24. The fourth-order valence-corrected chi connectivity index (χ4v) is 3.41. The Labute approximate surface area is 131 Å². The summed E-state index contributed by atoms with van der Waals surface area (Å²) in [5, 5.41) is 4.21. The zero-order valence-corrected chi connectivity index (χ0v) is 13.2. The predicted octanol–water partition coefficient (Wildman–Crippen LogP) is 4.53. The normalized spacial score (nSPS) is 20.9. The molecule has 110 valence electrons. The zero-order chi connectivity index (χ0) is 14.8. The summed E-state index contributed by atoms with van der Waals surface area (Å²) in [5.74, 6) is 1.36. The van der Waals surface area contributed by atoms with Gasteiger partial charge in [-0.05, 0) is 60.8 Å². The first-order valence-corrected chi connectivity index (χ1v) is 7.71. The Balaban J connectivity index is 2.04. The van der Waals surface area contributed by atoms with E-state index < -0.39 is 0 Å². The molecule has 21 heavy (non-hydrogen) atoms. The summed E-state index contributed by atoms with van der Waals surface area (Å²) in [6.45, 7) is 0. The molecule has 3 heteroatoms. The molecule has 2 aromatic rings. The molecule has 0 saturated heterocycles. The largest absolute Gasteiger partial charge is 0.497 e. The molecule has 0 heterocycles. The van der Waals surface area contributed by atoms with Crippen LogP contribution in [-0.4, -0.2) is 14.2 Å². The third-order valence-electron chi connectivity index (χ3n) is 4.41. The molecule has 2 aromatic carbocycles. The van der Waals surface area contributed by atoms with Crippen LogP contribution in [-0.2, 0) is 0 Å². The third-order valence-corrected chi connectivity index (χ3v) is 4.66. The molecule has 1 aliphatic carbocycles.